The van der Waals surface area contributed by atoms with Crippen molar-refractivity contribution in [1.82, 2.24) is 20.1 Å². The standard InChI is InChI=1S/C23H26N4O4/c1-26(9-10-31-2)13-15-7-8-24-19(11-15)16-3-4-18-17(12-16)14-27(23(18)30)20-5-6-21(28)25-22(20)29/h3-4,7-8,11-12,20H,5-6,9-10,13-14H2,1-2H3,(H,25,28,29). The van der Waals surface area contributed by atoms with Gasteiger partial charge in [0.15, 0.2) is 0 Å². The maximum atomic E-state index is 12.9. The van der Waals surface area contributed by atoms with Crippen molar-refractivity contribution in [3.63, 3.8) is 0 Å². The number of carbonyl (C=O) groups is 3. The lowest BCUT2D eigenvalue weighted by Gasteiger charge is -2.29. The lowest BCUT2D eigenvalue weighted by molar-refractivity contribution is -0.136. The van der Waals surface area contributed by atoms with Crippen LogP contribution in [0.4, 0.5) is 0 Å². The average molecular weight is 422 g/mol. The third-order valence-electron chi connectivity index (χ3n) is 5.77. The van der Waals surface area contributed by atoms with Crippen molar-refractivity contribution in [2.24, 2.45) is 0 Å². The average Bonchev–Trinajstić information content (AvgIpc) is 3.08. The number of carbonyl (C=O) groups excluding carboxylic acids is 3. The molecule has 8 heteroatoms. The Bertz CT molecular complexity index is 1020. The summed E-state index contributed by atoms with van der Waals surface area (Å²) >= 11 is 0. The molecule has 3 amide bonds. The molecule has 31 heavy (non-hydrogen) atoms. The van der Waals surface area contributed by atoms with Crippen LogP contribution in [0.3, 0.4) is 0 Å². The van der Waals surface area contributed by atoms with Gasteiger partial charge in [0.25, 0.3) is 5.91 Å². The fourth-order valence-corrected chi connectivity index (χ4v) is 4.10. The Kier molecular flexibility index (Phi) is 6.11. The van der Waals surface area contributed by atoms with Gasteiger partial charge in [0.2, 0.25) is 11.8 Å². The number of nitrogens with one attached hydrogen (secondary N) is 1. The van der Waals surface area contributed by atoms with Crippen molar-refractivity contribution < 1.29 is 19.1 Å². The molecular weight excluding hydrogens is 396 g/mol. The number of fused-ring (bicyclic) bond motifs is 1. The first-order valence-corrected chi connectivity index (χ1v) is 10.4. The summed E-state index contributed by atoms with van der Waals surface area (Å²) in [4.78, 5) is 44.8. The van der Waals surface area contributed by atoms with Crippen LogP contribution in [-0.2, 0) is 27.4 Å². The molecule has 0 bridgehead atoms. The third kappa shape index (κ3) is 4.50. The van der Waals surface area contributed by atoms with E-state index in [2.05, 4.69) is 21.3 Å². The Morgan fingerprint density at radius 2 is 2.06 bits per heavy atom. The maximum Gasteiger partial charge on any atom is 0.255 e. The van der Waals surface area contributed by atoms with Gasteiger partial charge in [0, 0.05) is 50.5 Å². The molecular formula is C23H26N4O4. The highest BCUT2D eigenvalue weighted by Crippen LogP contribution is 2.30. The van der Waals surface area contributed by atoms with Gasteiger partial charge in [-0.05, 0) is 48.9 Å². The zero-order chi connectivity index (χ0) is 22.0. The van der Waals surface area contributed by atoms with E-state index in [4.69, 9.17) is 4.74 Å². The molecule has 4 rings (SSSR count). The van der Waals surface area contributed by atoms with Crippen molar-refractivity contribution in [2.45, 2.75) is 32.0 Å². The molecule has 1 N–H and O–H groups in total. The Labute approximate surface area is 181 Å². The molecule has 1 fully saturated rings. The number of aromatic nitrogens is 1. The van der Waals surface area contributed by atoms with E-state index in [1.54, 1.807) is 24.3 Å². The lowest BCUT2D eigenvalue weighted by atomic mass is 10.0. The minimum Gasteiger partial charge on any atom is -0.383 e. The predicted molar refractivity (Wildman–Crippen MR) is 114 cm³/mol. The van der Waals surface area contributed by atoms with E-state index in [1.165, 1.54) is 0 Å². The smallest absolute Gasteiger partial charge is 0.255 e. The van der Waals surface area contributed by atoms with Gasteiger partial charge in [0.1, 0.15) is 6.04 Å². The quantitative estimate of drug-likeness (QED) is 0.682. The number of methoxy groups -OCH3 is 1. The SMILES string of the molecule is COCCN(C)Cc1ccnc(-c2ccc3c(c2)CN(C2CCC(=O)NC2=O)C3=O)c1. The van der Waals surface area contributed by atoms with E-state index in [0.29, 0.717) is 25.1 Å². The lowest BCUT2D eigenvalue weighted by Crippen LogP contribution is -2.52. The van der Waals surface area contributed by atoms with Gasteiger partial charge in [-0.25, -0.2) is 0 Å². The first kappa shape index (κ1) is 21.1. The number of hydrogen-bond donors (Lipinski definition) is 1. The molecule has 2 aromatic rings. The van der Waals surface area contributed by atoms with Gasteiger partial charge in [-0.3, -0.25) is 29.6 Å². The van der Waals surface area contributed by atoms with Crippen LogP contribution in [0, 0.1) is 0 Å². The van der Waals surface area contributed by atoms with E-state index in [1.807, 2.05) is 25.2 Å². The van der Waals surface area contributed by atoms with E-state index in [9.17, 15) is 14.4 Å². The number of benzene rings is 1. The number of piperidine rings is 1. The highest BCUT2D eigenvalue weighted by molar-refractivity contribution is 6.05. The van der Waals surface area contributed by atoms with Gasteiger partial charge in [-0.1, -0.05) is 6.07 Å². The molecule has 0 spiro atoms. The number of rotatable bonds is 7. The molecule has 0 aliphatic carbocycles. The first-order chi connectivity index (χ1) is 15.0. The van der Waals surface area contributed by atoms with Crippen LogP contribution >= 0.6 is 0 Å². The Balaban J connectivity index is 1.52. The molecule has 3 heterocycles. The summed E-state index contributed by atoms with van der Waals surface area (Å²) in [6.45, 7) is 2.65. The summed E-state index contributed by atoms with van der Waals surface area (Å²) in [5.74, 6) is -0.853. The van der Waals surface area contributed by atoms with E-state index in [0.717, 1.165) is 35.5 Å². The Morgan fingerprint density at radius 3 is 2.84 bits per heavy atom. The first-order valence-electron chi connectivity index (χ1n) is 10.4. The number of hydrogen-bond acceptors (Lipinski definition) is 6. The van der Waals surface area contributed by atoms with Crippen LogP contribution in [0.2, 0.25) is 0 Å². The Morgan fingerprint density at radius 1 is 1.23 bits per heavy atom. The van der Waals surface area contributed by atoms with Crippen LogP contribution in [0.1, 0.15) is 34.3 Å². The molecule has 2 aliphatic heterocycles. The summed E-state index contributed by atoms with van der Waals surface area (Å²) < 4.78 is 5.13. The van der Waals surface area contributed by atoms with Crippen LogP contribution in [-0.4, -0.2) is 65.9 Å². The van der Waals surface area contributed by atoms with Crippen molar-refractivity contribution in [3.05, 3.63) is 53.2 Å². The molecule has 0 radical (unpaired) electrons. The van der Waals surface area contributed by atoms with Crippen molar-refractivity contribution >= 4 is 17.7 Å². The zero-order valence-electron chi connectivity index (χ0n) is 17.8. The molecule has 1 saturated heterocycles. The fraction of sp³-hybridized carbons (Fsp3) is 0.391. The van der Waals surface area contributed by atoms with Crippen LogP contribution in [0.15, 0.2) is 36.5 Å². The van der Waals surface area contributed by atoms with Gasteiger partial charge in [-0.15, -0.1) is 0 Å². The monoisotopic (exact) mass is 422 g/mol. The number of likely N-dealkylation sites (N-methyl/N-ethyl adjacent to an activating group) is 1. The van der Waals surface area contributed by atoms with E-state index < -0.39 is 11.9 Å². The number of pyridine rings is 1. The van der Waals surface area contributed by atoms with Crippen molar-refractivity contribution in [3.8, 4) is 11.3 Å². The third-order valence-corrected chi connectivity index (χ3v) is 5.77. The summed E-state index contributed by atoms with van der Waals surface area (Å²) in [6, 6.07) is 9.11. The van der Waals surface area contributed by atoms with E-state index >= 15 is 0 Å². The summed E-state index contributed by atoms with van der Waals surface area (Å²) in [5, 5.41) is 2.33. The fourth-order valence-electron chi connectivity index (χ4n) is 4.10. The zero-order valence-corrected chi connectivity index (χ0v) is 17.8. The maximum absolute atomic E-state index is 12.9. The highest BCUT2D eigenvalue weighted by atomic mass is 16.5. The number of imide groups is 1. The topological polar surface area (TPSA) is 91.8 Å². The second-order valence-electron chi connectivity index (χ2n) is 8.05. The molecule has 1 aromatic heterocycles. The molecule has 162 valence electrons. The second-order valence-corrected chi connectivity index (χ2v) is 8.05. The molecule has 1 atom stereocenters. The van der Waals surface area contributed by atoms with Crippen molar-refractivity contribution in [1.29, 1.82) is 0 Å². The highest BCUT2D eigenvalue weighted by Gasteiger charge is 2.39. The molecule has 1 unspecified atom stereocenters. The number of nitrogens with zero attached hydrogens (tertiary/aromatic N) is 3. The Hall–Kier alpha value is -3.10. The summed E-state index contributed by atoms with van der Waals surface area (Å²) in [6.07, 6.45) is 2.40. The van der Waals surface area contributed by atoms with Gasteiger partial charge >= 0.3 is 0 Å². The molecule has 1 aromatic carbocycles. The van der Waals surface area contributed by atoms with Gasteiger partial charge in [0.05, 0.1) is 12.3 Å². The second kappa shape index (κ2) is 8.95. The van der Waals surface area contributed by atoms with E-state index in [-0.39, 0.29) is 18.2 Å². The molecule has 2 aliphatic rings. The van der Waals surface area contributed by atoms with Crippen LogP contribution in [0.5, 0.6) is 0 Å². The van der Waals surface area contributed by atoms with Crippen molar-refractivity contribution in [2.75, 3.05) is 27.3 Å². The minimum absolute atomic E-state index is 0.169. The summed E-state index contributed by atoms with van der Waals surface area (Å²) in [5.41, 5.74) is 4.39. The number of amides is 3. The van der Waals surface area contributed by atoms with Gasteiger partial charge < -0.3 is 9.64 Å². The largest absolute Gasteiger partial charge is 0.383 e. The molecule has 8 nitrogen and oxygen atoms in total. The summed E-state index contributed by atoms with van der Waals surface area (Å²) in [7, 11) is 3.74. The van der Waals surface area contributed by atoms with Gasteiger partial charge in [-0.2, -0.15) is 0 Å². The predicted octanol–water partition coefficient (Wildman–Crippen LogP) is 1.59. The van der Waals surface area contributed by atoms with Crippen LogP contribution in [0.25, 0.3) is 11.3 Å². The number of ether oxygens (including phenoxy) is 1. The normalized spacial score (nSPS) is 18.5. The minimum atomic E-state index is -0.606. The molecule has 0 saturated carbocycles. The van der Waals surface area contributed by atoms with Crippen LogP contribution < -0.4 is 5.32 Å².